The van der Waals surface area contributed by atoms with Gasteiger partial charge in [-0.3, -0.25) is 9.59 Å². The van der Waals surface area contributed by atoms with Gasteiger partial charge < -0.3 is 29.9 Å². The summed E-state index contributed by atoms with van der Waals surface area (Å²) in [6.45, 7) is 9.66. The van der Waals surface area contributed by atoms with Crippen LogP contribution in [0.3, 0.4) is 0 Å². The highest BCUT2D eigenvalue weighted by Gasteiger charge is 2.33. The van der Waals surface area contributed by atoms with Crippen LogP contribution in [0, 0.1) is 0 Å². The van der Waals surface area contributed by atoms with Gasteiger partial charge in [0.25, 0.3) is 5.91 Å². The van der Waals surface area contributed by atoms with E-state index >= 15 is 0 Å². The molecule has 0 fully saturated rings. The van der Waals surface area contributed by atoms with E-state index in [1.54, 1.807) is 19.2 Å². The van der Waals surface area contributed by atoms with Crippen LogP contribution in [0.4, 0.5) is 11.4 Å². The normalized spacial score (nSPS) is 14.6. The summed E-state index contributed by atoms with van der Waals surface area (Å²) in [6, 6.07) is 20.9. The van der Waals surface area contributed by atoms with Gasteiger partial charge in [-0.25, -0.2) is 0 Å². The maximum atomic E-state index is 13.6. The fourth-order valence-corrected chi connectivity index (χ4v) is 4.75. The van der Waals surface area contributed by atoms with Crippen LogP contribution < -0.4 is 25.0 Å². The lowest BCUT2D eigenvalue weighted by atomic mass is 10.0. The number of rotatable bonds is 11. The third kappa shape index (κ3) is 6.26. The fourth-order valence-electron chi connectivity index (χ4n) is 4.75. The molecule has 0 aliphatic carbocycles. The highest BCUT2D eigenvalue weighted by molar-refractivity contribution is 6.01. The van der Waals surface area contributed by atoms with E-state index in [9.17, 15) is 9.59 Å². The predicted octanol–water partition coefficient (Wildman–Crippen LogP) is 3.72. The molecule has 1 aliphatic heterocycles. The average molecular weight is 518 g/mol. The number of hydrogen-bond donors (Lipinski definition) is 3. The molecule has 38 heavy (non-hydrogen) atoms. The number of hydrogen-bond acceptors (Lipinski definition) is 5. The van der Waals surface area contributed by atoms with Crippen LogP contribution in [0.5, 0.6) is 11.5 Å². The van der Waals surface area contributed by atoms with E-state index in [-0.39, 0.29) is 24.6 Å². The average Bonchev–Trinajstić information content (AvgIpc) is 2.93. The van der Waals surface area contributed by atoms with E-state index in [4.69, 9.17) is 9.47 Å². The Morgan fingerprint density at radius 1 is 1.05 bits per heavy atom. The van der Waals surface area contributed by atoms with Crippen molar-refractivity contribution in [3.05, 3.63) is 83.4 Å². The summed E-state index contributed by atoms with van der Waals surface area (Å²) in [7, 11) is 1.64. The molecule has 0 saturated carbocycles. The molecular weight excluding hydrogens is 480 g/mol. The van der Waals surface area contributed by atoms with E-state index < -0.39 is 0 Å². The first-order valence-corrected chi connectivity index (χ1v) is 13.1. The van der Waals surface area contributed by atoms with Crippen LogP contribution >= 0.6 is 0 Å². The molecule has 0 saturated heterocycles. The number of amides is 2. The molecule has 8 nitrogen and oxygen atoms in total. The number of benzene rings is 3. The molecule has 4 rings (SSSR count). The van der Waals surface area contributed by atoms with Crippen molar-refractivity contribution < 1.29 is 24.0 Å². The maximum absolute atomic E-state index is 13.6. The molecule has 3 aromatic rings. The topological polar surface area (TPSA) is 84.3 Å². The van der Waals surface area contributed by atoms with Crippen LogP contribution in [0.2, 0.25) is 0 Å². The zero-order chi connectivity index (χ0) is 27.1. The van der Waals surface area contributed by atoms with Gasteiger partial charge in [-0.1, -0.05) is 18.2 Å². The zero-order valence-corrected chi connectivity index (χ0v) is 22.5. The van der Waals surface area contributed by atoms with Crippen molar-refractivity contribution in [1.82, 2.24) is 4.90 Å². The molecule has 3 aromatic carbocycles. The van der Waals surface area contributed by atoms with Crippen LogP contribution in [0.25, 0.3) is 0 Å². The van der Waals surface area contributed by atoms with Crippen LogP contribution in [-0.2, 0) is 11.4 Å². The van der Waals surface area contributed by atoms with Crippen LogP contribution in [0.15, 0.2) is 66.7 Å². The van der Waals surface area contributed by atoms with Crippen LogP contribution in [0.1, 0.15) is 48.4 Å². The number of likely N-dealkylation sites (N-methyl/N-ethyl adjacent to an activating group) is 1. The van der Waals surface area contributed by atoms with E-state index in [1.165, 1.54) is 11.8 Å². The van der Waals surface area contributed by atoms with Crippen molar-refractivity contribution in [2.24, 2.45) is 0 Å². The summed E-state index contributed by atoms with van der Waals surface area (Å²) >= 11 is 0. The molecular formula is C30H37N4O4+. The summed E-state index contributed by atoms with van der Waals surface area (Å²) in [5, 5.41) is 6.35. The SMILES string of the molecule is CC[NH+](CC)CCN1C(=O)c2ccccc2N[C@H]1c1ccc(OC)c(COc2ccc(NC(C)=O)cc2)c1. The number of quaternary nitrogens is 1. The Hall–Kier alpha value is -4.04. The van der Waals surface area contributed by atoms with Crippen molar-refractivity contribution in [3.63, 3.8) is 0 Å². The summed E-state index contributed by atoms with van der Waals surface area (Å²) in [6.07, 6.45) is -0.311. The first-order chi connectivity index (χ1) is 18.4. The standard InChI is InChI=1S/C30H36N4O4/c1-5-33(6-2)17-18-34-29(32-27-10-8-7-9-26(27)30(34)36)22-11-16-28(37-4)23(19-22)20-38-25-14-12-24(13-15-25)31-21(3)35/h7-16,19,29,32H,5-6,17-18,20H2,1-4H3,(H,31,35)/p+1/t29-/m1/s1. The molecule has 2 amide bonds. The number of nitrogens with one attached hydrogen (secondary N) is 3. The molecule has 200 valence electrons. The van der Waals surface area contributed by atoms with Gasteiger partial charge in [0.2, 0.25) is 5.91 Å². The first kappa shape index (κ1) is 27.0. The summed E-state index contributed by atoms with van der Waals surface area (Å²) < 4.78 is 11.7. The monoisotopic (exact) mass is 517 g/mol. The number of methoxy groups -OCH3 is 1. The van der Waals surface area contributed by atoms with Crippen LogP contribution in [-0.4, -0.2) is 50.0 Å². The van der Waals surface area contributed by atoms with Gasteiger partial charge in [0, 0.05) is 23.9 Å². The van der Waals surface area contributed by atoms with E-state index in [0.717, 1.165) is 36.4 Å². The number of carbonyl (C=O) groups excluding carboxylic acids is 2. The summed E-state index contributed by atoms with van der Waals surface area (Å²) in [5.41, 5.74) is 4.07. The van der Waals surface area contributed by atoms with Crippen molar-refractivity contribution in [3.8, 4) is 11.5 Å². The minimum atomic E-state index is -0.311. The van der Waals surface area contributed by atoms with Gasteiger partial charge in [0.15, 0.2) is 0 Å². The number of fused-ring (bicyclic) bond motifs is 1. The van der Waals surface area contributed by atoms with E-state index in [0.29, 0.717) is 29.3 Å². The number of anilines is 2. The Bertz CT molecular complexity index is 1260. The Balaban J connectivity index is 1.58. The third-order valence-corrected chi connectivity index (χ3v) is 6.92. The maximum Gasteiger partial charge on any atom is 0.258 e. The second-order valence-electron chi connectivity index (χ2n) is 9.36. The third-order valence-electron chi connectivity index (χ3n) is 6.92. The second kappa shape index (κ2) is 12.5. The van der Waals surface area contributed by atoms with Gasteiger partial charge >= 0.3 is 0 Å². The van der Waals surface area contributed by atoms with Crippen molar-refractivity contribution >= 4 is 23.2 Å². The number of para-hydroxylation sites is 1. The lowest BCUT2D eigenvalue weighted by molar-refractivity contribution is -0.895. The fraction of sp³-hybridized carbons (Fsp3) is 0.333. The predicted molar refractivity (Wildman–Crippen MR) is 149 cm³/mol. The number of nitrogens with zero attached hydrogens (tertiary/aromatic N) is 1. The lowest BCUT2D eigenvalue weighted by Crippen LogP contribution is -3.12. The zero-order valence-electron chi connectivity index (χ0n) is 22.5. The number of carbonyl (C=O) groups is 2. The smallest absolute Gasteiger partial charge is 0.258 e. The minimum Gasteiger partial charge on any atom is -0.496 e. The summed E-state index contributed by atoms with van der Waals surface area (Å²) in [4.78, 5) is 28.3. The molecule has 0 aromatic heterocycles. The van der Waals surface area contributed by atoms with E-state index in [1.807, 2.05) is 59.5 Å². The Kier molecular flexibility index (Phi) is 8.86. The molecule has 0 unspecified atom stereocenters. The molecule has 0 bridgehead atoms. The minimum absolute atomic E-state index is 0.0313. The largest absolute Gasteiger partial charge is 0.496 e. The molecule has 1 aliphatic rings. The summed E-state index contributed by atoms with van der Waals surface area (Å²) in [5.74, 6) is 1.30. The Morgan fingerprint density at radius 3 is 2.47 bits per heavy atom. The quantitative estimate of drug-likeness (QED) is 0.361. The van der Waals surface area contributed by atoms with Gasteiger partial charge in [0.05, 0.1) is 38.9 Å². The number of ether oxygens (including phenoxy) is 2. The molecule has 0 radical (unpaired) electrons. The Morgan fingerprint density at radius 2 is 1.79 bits per heavy atom. The Labute approximate surface area is 224 Å². The van der Waals surface area contributed by atoms with E-state index in [2.05, 4.69) is 24.5 Å². The molecule has 0 spiro atoms. The van der Waals surface area contributed by atoms with Gasteiger partial charge in [-0.2, -0.15) is 0 Å². The molecule has 3 N–H and O–H groups in total. The van der Waals surface area contributed by atoms with Crippen molar-refractivity contribution in [2.45, 2.75) is 33.5 Å². The lowest BCUT2D eigenvalue weighted by Gasteiger charge is -2.38. The molecule has 1 atom stereocenters. The van der Waals surface area contributed by atoms with Gasteiger partial charge in [0.1, 0.15) is 24.3 Å². The highest BCUT2D eigenvalue weighted by atomic mass is 16.5. The highest BCUT2D eigenvalue weighted by Crippen LogP contribution is 2.34. The first-order valence-electron chi connectivity index (χ1n) is 13.1. The van der Waals surface area contributed by atoms with Crippen molar-refractivity contribution in [1.29, 1.82) is 0 Å². The van der Waals surface area contributed by atoms with Gasteiger partial charge in [-0.05, 0) is 67.9 Å². The second-order valence-corrected chi connectivity index (χ2v) is 9.36. The van der Waals surface area contributed by atoms with Gasteiger partial charge in [-0.15, -0.1) is 0 Å². The molecule has 8 heteroatoms. The van der Waals surface area contributed by atoms with Crippen molar-refractivity contribution in [2.75, 3.05) is 43.9 Å². The molecule has 1 heterocycles.